The summed E-state index contributed by atoms with van der Waals surface area (Å²) in [6, 6.07) is 19.9. The van der Waals surface area contributed by atoms with Crippen LogP contribution in [-0.4, -0.2) is 22.7 Å². The number of aryl methyl sites for hydroxylation is 2. The van der Waals surface area contributed by atoms with Crippen molar-refractivity contribution < 1.29 is 18.7 Å². The van der Waals surface area contributed by atoms with Gasteiger partial charge in [-0.15, -0.1) is 10.2 Å². The number of ether oxygens (including phenoxy) is 2. The van der Waals surface area contributed by atoms with Crippen molar-refractivity contribution in [1.29, 1.82) is 0 Å². The monoisotopic (exact) mass is 539 g/mol. The summed E-state index contributed by atoms with van der Waals surface area (Å²) in [5.74, 6) is 0.652. The molecule has 0 radical (unpaired) electrons. The summed E-state index contributed by atoms with van der Waals surface area (Å²) in [7, 11) is 0. The summed E-state index contributed by atoms with van der Waals surface area (Å²) in [5.41, 5.74) is 3.00. The third-order valence-electron chi connectivity index (χ3n) is 6.57. The Balaban J connectivity index is 1.49. The molecule has 3 heterocycles. The minimum Gasteiger partial charge on any atom is -0.490 e. The second-order valence-corrected chi connectivity index (χ2v) is 10.4. The molecule has 0 spiro atoms. The Hall–Kier alpha value is -4.50. The molecule has 0 fully saturated rings. The molecule has 1 aliphatic rings. The van der Waals surface area contributed by atoms with Gasteiger partial charge in [-0.3, -0.25) is 14.5 Å². The summed E-state index contributed by atoms with van der Waals surface area (Å²) in [5, 5.41) is 9.86. The highest BCUT2D eigenvalue weighted by Gasteiger charge is 2.45. The summed E-state index contributed by atoms with van der Waals surface area (Å²) in [6.07, 6.45) is 0. The molecule has 0 saturated heterocycles. The highest BCUT2D eigenvalue weighted by atomic mass is 32.1. The minimum absolute atomic E-state index is 0.0107. The zero-order chi connectivity index (χ0) is 27.1. The quantitative estimate of drug-likeness (QED) is 0.251. The van der Waals surface area contributed by atoms with Gasteiger partial charge in [0.05, 0.1) is 23.6 Å². The highest BCUT2D eigenvalue weighted by molar-refractivity contribution is 7.15. The number of benzene rings is 3. The van der Waals surface area contributed by atoms with Gasteiger partial charge in [0.2, 0.25) is 10.9 Å². The van der Waals surface area contributed by atoms with Crippen LogP contribution >= 0.6 is 11.3 Å². The van der Waals surface area contributed by atoms with E-state index in [9.17, 15) is 9.59 Å². The van der Waals surface area contributed by atoms with Crippen molar-refractivity contribution in [2.45, 2.75) is 33.4 Å². The van der Waals surface area contributed by atoms with Gasteiger partial charge < -0.3 is 13.9 Å². The number of rotatable bonds is 7. The van der Waals surface area contributed by atoms with Crippen molar-refractivity contribution in [3.05, 3.63) is 110 Å². The van der Waals surface area contributed by atoms with Crippen molar-refractivity contribution in [1.82, 2.24) is 10.2 Å². The van der Waals surface area contributed by atoms with Crippen LogP contribution in [0, 0.1) is 13.8 Å². The molecule has 0 aliphatic carbocycles. The average Bonchev–Trinajstić information content (AvgIpc) is 3.49. The van der Waals surface area contributed by atoms with Crippen molar-refractivity contribution >= 4 is 33.3 Å². The van der Waals surface area contributed by atoms with Crippen LogP contribution in [0.2, 0.25) is 0 Å². The molecular weight excluding hydrogens is 514 g/mol. The van der Waals surface area contributed by atoms with E-state index >= 15 is 0 Å². The molecule has 8 nitrogen and oxygen atoms in total. The normalized spacial score (nSPS) is 14.6. The first-order chi connectivity index (χ1) is 18.9. The summed E-state index contributed by atoms with van der Waals surface area (Å²) < 4.78 is 18.1. The van der Waals surface area contributed by atoms with Crippen molar-refractivity contribution in [3.63, 3.8) is 0 Å². The zero-order valence-electron chi connectivity index (χ0n) is 21.6. The maximum atomic E-state index is 13.9. The number of hydrogen-bond acceptors (Lipinski definition) is 8. The van der Waals surface area contributed by atoms with Gasteiger partial charge in [0.25, 0.3) is 5.91 Å². The fourth-order valence-corrected chi connectivity index (χ4v) is 5.51. The molecule has 1 aliphatic heterocycles. The first-order valence-corrected chi connectivity index (χ1v) is 13.4. The first-order valence-electron chi connectivity index (χ1n) is 12.6. The lowest BCUT2D eigenvalue weighted by Gasteiger charge is -2.23. The van der Waals surface area contributed by atoms with Gasteiger partial charge in [-0.2, -0.15) is 0 Å². The second-order valence-electron chi connectivity index (χ2n) is 9.27. The summed E-state index contributed by atoms with van der Waals surface area (Å²) in [4.78, 5) is 29.1. The van der Waals surface area contributed by atoms with E-state index in [1.807, 2.05) is 75.4 Å². The Labute approximate surface area is 228 Å². The van der Waals surface area contributed by atoms with Crippen LogP contribution in [-0.2, 0) is 6.61 Å². The minimum atomic E-state index is -0.775. The van der Waals surface area contributed by atoms with Crippen LogP contribution in [0.1, 0.15) is 50.8 Å². The van der Waals surface area contributed by atoms with Crippen molar-refractivity contribution in [3.8, 4) is 11.5 Å². The molecule has 0 saturated carbocycles. The second kappa shape index (κ2) is 9.99. The molecule has 9 heteroatoms. The third-order valence-corrected chi connectivity index (χ3v) is 7.41. The number of carbonyl (C=O) groups is 1. The fourth-order valence-electron chi connectivity index (χ4n) is 4.80. The van der Waals surface area contributed by atoms with Gasteiger partial charge >= 0.3 is 0 Å². The SMILES string of the molecule is CCOc1cc([C@@H]2c3c(oc4ccc(C)cc4c3=O)C(=O)N2c2nnc(C)s2)ccc1OCc1ccccc1. The first kappa shape index (κ1) is 24.8. The van der Waals surface area contributed by atoms with E-state index in [0.29, 0.717) is 51.4 Å². The fraction of sp³-hybridized carbons (Fsp3) is 0.200. The number of carbonyl (C=O) groups excluding carboxylic acids is 1. The van der Waals surface area contributed by atoms with Gasteiger partial charge in [-0.05, 0) is 56.2 Å². The van der Waals surface area contributed by atoms with Gasteiger partial charge in [0.1, 0.15) is 17.2 Å². The van der Waals surface area contributed by atoms with E-state index in [1.165, 1.54) is 16.2 Å². The number of aromatic nitrogens is 2. The summed E-state index contributed by atoms with van der Waals surface area (Å²) in [6.45, 7) is 6.40. The number of anilines is 1. The van der Waals surface area contributed by atoms with E-state index < -0.39 is 11.9 Å². The van der Waals surface area contributed by atoms with Crippen LogP contribution < -0.4 is 19.8 Å². The standard InChI is InChI=1S/C30H25N3O5S/c1-4-36-24-15-20(11-13-23(24)37-16-19-8-6-5-7-9-19)26-25-27(34)21-14-17(2)10-12-22(21)38-28(25)29(35)33(26)30-32-31-18(3)39-30/h5-15,26H,4,16H2,1-3H3/t26-/m1/s1. The Morgan fingerprint density at radius 2 is 1.77 bits per heavy atom. The smallest absolute Gasteiger partial charge is 0.297 e. The Morgan fingerprint density at radius 3 is 2.51 bits per heavy atom. The molecule has 0 unspecified atom stereocenters. The zero-order valence-corrected chi connectivity index (χ0v) is 22.5. The van der Waals surface area contributed by atoms with Gasteiger partial charge in [-0.25, -0.2) is 0 Å². The lowest BCUT2D eigenvalue weighted by molar-refractivity contribution is 0.0970. The molecule has 39 heavy (non-hydrogen) atoms. The molecule has 6 rings (SSSR count). The predicted octanol–water partition coefficient (Wildman–Crippen LogP) is 5.99. The lowest BCUT2D eigenvalue weighted by Crippen LogP contribution is -2.29. The third kappa shape index (κ3) is 4.44. The van der Waals surface area contributed by atoms with Crippen LogP contribution in [0.5, 0.6) is 11.5 Å². The average molecular weight is 540 g/mol. The Bertz CT molecular complexity index is 1760. The molecule has 2 aromatic heterocycles. The molecule has 0 bridgehead atoms. The molecule has 5 aromatic rings. The van der Waals surface area contributed by atoms with Crippen LogP contribution in [0.3, 0.4) is 0 Å². The molecule has 1 atom stereocenters. The Morgan fingerprint density at radius 1 is 0.949 bits per heavy atom. The predicted molar refractivity (Wildman–Crippen MR) is 149 cm³/mol. The van der Waals surface area contributed by atoms with E-state index in [0.717, 1.165) is 11.1 Å². The molecule has 0 N–H and O–H groups in total. The Kier molecular flexibility index (Phi) is 6.36. The van der Waals surface area contributed by atoms with Crippen LogP contribution in [0.15, 0.2) is 75.9 Å². The topological polar surface area (TPSA) is 94.8 Å². The number of hydrogen-bond donors (Lipinski definition) is 0. The molecular formula is C30H25N3O5S. The largest absolute Gasteiger partial charge is 0.490 e. The maximum Gasteiger partial charge on any atom is 0.297 e. The van der Waals surface area contributed by atoms with Crippen molar-refractivity contribution in [2.75, 3.05) is 11.5 Å². The number of amides is 1. The number of nitrogens with zero attached hydrogens (tertiary/aromatic N) is 3. The summed E-state index contributed by atoms with van der Waals surface area (Å²) >= 11 is 1.28. The van der Waals surface area contributed by atoms with Crippen LogP contribution in [0.25, 0.3) is 11.0 Å². The van der Waals surface area contributed by atoms with E-state index in [-0.39, 0.29) is 16.8 Å². The molecule has 1 amide bonds. The highest BCUT2D eigenvalue weighted by Crippen LogP contribution is 2.44. The molecule has 3 aromatic carbocycles. The van der Waals surface area contributed by atoms with E-state index in [1.54, 1.807) is 12.1 Å². The van der Waals surface area contributed by atoms with Crippen LogP contribution in [0.4, 0.5) is 5.13 Å². The maximum absolute atomic E-state index is 13.9. The van der Waals surface area contributed by atoms with Gasteiger partial charge in [0.15, 0.2) is 16.9 Å². The van der Waals surface area contributed by atoms with E-state index in [4.69, 9.17) is 13.9 Å². The lowest BCUT2D eigenvalue weighted by atomic mass is 9.98. The van der Waals surface area contributed by atoms with Gasteiger partial charge in [0, 0.05) is 0 Å². The van der Waals surface area contributed by atoms with Crippen molar-refractivity contribution in [2.24, 2.45) is 0 Å². The molecule has 196 valence electrons. The number of fused-ring (bicyclic) bond motifs is 2. The van der Waals surface area contributed by atoms with Gasteiger partial charge in [-0.1, -0.05) is 59.4 Å². The van der Waals surface area contributed by atoms with E-state index in [2.05, 4.69) is 10.2 Å².